The first kappa shape index (κ1) is 20.0. The predicted octanol–water partition coefficient (Wildman–Crippen LogP) is 10.5. The number of halogens is 1. The molecular weight excluding hydrogens is 474 g/mol. The molecule has 7 rings (SSSR count). The molecule has 34 heavy (non-hydrogen) atoms. The van der Waals surface area contributed by atoms with Crippen LogP contribution in [-0.2, 0) is 0 Å². The van der Waals surface area contributed by atoms with Gasteiger partial charge in [-0.15, -0.1) is 22.7 Å². The number of hydrogen-bond acceptors (Lipinski definition) is 3. The molecule has 0 unspecified atom stereocenters. The van der Waals surface area contributed by atoms with Gasteiger partial charge >= 0.3 is 0 Å². The number of anilines is 2. The van der Waals surface area contributed by atoms with Gasteiger partial charge in [0.15, 0.2) is 0 Å². The van der Waals surface area contributed by atoms with Gasteiger partial charge in [0.05, 0.1) is 25.8 Å². The number of benzene rings is 5. The molecule has 1 nitrogen and oxygen atoms in total. The highest BCUT2D eigenvalue weighted by molar-refractivity contribution is 7.27. The molecule has 5 aromatic carbocycles. The Labute approximate surface area is 209 Å². The molecule has 0 aliphatic heterocycles. The Morgan fingerprint density at radius 1 is 0.559 bits per heavy atom. The van der Waals surface area contributed by atoms with Crippen molar-refractivity contribution in [1.82, 2.24) is 0 Å². The van der Waals surface area contributed by atoms with Gasteiger partial charge in [-0.05, 0) is 29.8 Å². The molecule has 2 aromatic heterocycles. The second kappa shape index (κ2) is 7.85. The van der Waals surface area contributed by atoms with Crippen LogP contribution in [0.1, 0.15) is 0 Å². The van der Waals surface area contributed by atoms with E-state index in [0.717, 1.165) is 27.5 Å². The lowest BCUT2D eigenvalue weighted by molar-refractivity contribution is 1.61. The molecule has 2 heterocycles. The van der Waals surface area contributed by atoms with Gasteiger partial charge in [0.1, 0.15) is 0 Å². The van der Waals surface area contributed by atoms with Crippen LogP contribution in [0.4, 0.5) is 11.4 Å². The van der Waals surface area contributed by atoms with E-state index in [9.17, 15) is 0 Å². The van der Waals surface area contributed by atoms with Crippen LogP contribution in [0.3, 0.4) is 0 Å². The molecule has 0 spiro atoms. The fraction of sp³-hybridized carbons (Fsp3) is 0. The Morgan fingerprint density at radius 2 is 1.18 bits per heavy atom. The zero-order valence-corrected chi connectivity index (χ0v) is 20.4. The Bertz CT molecular complexity index is 1850. The standard InChI is InChI=1S/C30H18ClNS2/c31-27-22(18-9-2-1-3-10-18)17-23-20-12-5-7-16-26(20)34-30(23)28(27)32-24-14-8-13-21-19-11-4-6-15-25(19)33-29(21)24/h1-17,32H. The molecule has 0 amide bonds. The van der Waals surface area contributed by atoms with Gasteiger partial charge < -0.3 is 5.32 Å². The van der Waals surface area contributed by atoms with Crippen molar-refractivity contribution in [2.24, 2.45) is 0 Å². The summed E-state index contributed by atoms with van der Waals surface area (Å²) in [5, 5.41) is 9.59. The van der Waals surface area contributed by atoms with E-state index in [-0.39, 0.29) is 0 Å². The first-order valence-corrected chi connectivity index (χ1v) is 13.2. The van der Waals surface area contributed by atoms with Gasteiger partial charge in [0.2, 0.25) is 0 Å². The molecule has 7 aromatic rings. The average molecular weight is 492 g/mol. The van der Waals surface area contributed by atoms with E-state index >= 15 is 0 Å². The first-order chi connectivity index (χ1) is 16.8. The van der Waals surface area contributed by atoms with Crippen LogP contribution in [0.2, 0.25) is 5.02 Å². The third-order valence-corrected chi connectivity index (χ3v) is 9.17. The lowest BCUT2D eigenvalue weighted by Crippen LogP contribution is -1.94. The molecule has 0 radical (unpaired) electrons. The molecule has 1 N–H and O–H groups in total. The average Bonchev–Trinajstić information content (AvgIpc) is 3.45. The molecule has 0 bridgehead atoms. The molecule has 0 fully saturated rings. The topological polar surface area (TPSA) is 12.0 Å². The monoisotopic (exact) mass is 491 g/mol. The Morgan fingerprint density at radius 3 is 1.94 bits per heavy atom. The van der Waals surface area contributed by atoms with Crippen molar-refractivity contribution >= 4 is 86.0 Å². The summed E-state index contributed by atoms with van der Waals surface area (Å²) < 4.78 is 4.99. The van der Waals surface area contributed by atoms with E-state index < -0.39 is 0 Å². The zero-order valence-electron chi connectivity index (χ0n) is 18.0. The smallest absolute Gasteiger partial charge is 0.0762 e. The van der Waals surface area contributed by atoms with E-state index in [1.165, 1.54) is 40.3 Å². The van der Waals surface area contributed by atoms with Crippen LogP contribution in [0.15, 0.2) is 103 Å². The summed E-state index contributed by atoms with van der Waals surface area (Å²) in [6.45, 7) is 0. The quantitative estimate of drug-likeness (QED) is 0.259. The van der Waals surface area contributed by atoms with Crippen LogP contribution < -0.4 is 5.32 Å². The van der Waals surface area contributed by atoms with Crippen molar-refractivity contribution in [3.63, 3.8) is 0 Å². The minimum absolute atomic E-state index is 0.753. The number of thiophene rings is 2. The second-order valence-electron chi connectivity index (χ2n) is 8.36. The van der Waals surface area contributed by atoms with E-state index in [1.807, 2.05) is 17.4 Å². The van der Waals surface area contributed by atoms with Crippen LogP contribution in [0, 0.1) is 0 Å². The summed E-state index contributed by atoms with van der Waals surface area (Å²) in [5.74, 6) is 0. The van der Waals surface area contributed by atoms with Crippen LogP contribution in [-0.4, -0.2) is 0 Å². The maximum Gasteiger partial charge on any atom is 0.0762 e. The summed E-state index contributed by atoms with van der Waals surface area (Å²) in [6.07, 6.45) is 0. The van der Waals surface area contributed by atoms with Gasteiger partial charge in [-0.1, -0.05) is 90.5 Å². The highest BCUT2D eigenvalue weighted by Crippen LogP contribution is 2.48. The van der Waals surface area contributed by atoms with Gasteiger partial charge in [-0.3, -0.25) is 0 Å². The van der Waals surface area contributed by atoms with Crippen LogP contribution >= 0.6 is 34.3 Å². The van der Waals surface area contributed by atoms with Gasteiger partial charge in [-0.2, -0.15) is 0 Å². The summed E-state index contributed by atoms with van der Waals surface area (Å²) in [4.78, 5) is 0. The van der Waals surface area contributed by atoms with Crippen molar-refractivity contribution < 1.29 is 0 Å². The summed E-state index contributed by atoms with van der Waals surface area (Å²) in [7, 11) is 0. The fourth-order valence-corrected chi connectivity index (χ4v) is 7.48. The molecule has 0 saturated heterocycles. The summed E-state index contributed by atoms with van der Waals surface area (Å²) in [6, 6.07) is 36.3. The third kappa shape index (κ3) is 3.05. The number of hydrogen-bond donors (Lipinski definition) is 1. The van der Waals surface area contributed by atoms with Crippen molar-refractivity contribution in [3.8, 4) is 11.1 Å². The molecule has 0 aliphatic rings. The van der Waals surface area contributed by atoms with Crippen molar-refractivity contribution in [1.29, 1.82) is 0 Å². The van der Waals surface area contributed by atoms with Gasteiger partial charge in [0, 0.05) is 36.5 Å². The summed E-state index contributed by atoms with van der Waals surface area (Å²) in [5.41, 5.74) is 4.23. The molecule has 4 heteroatoms. The second-order valence-corrected chi connectivity index (χ2v) is 10.8. The van der Waals surface area contributed by atoms with E-state index in [2.05, 4.69) is 102 Å². The van der Waals surface area contributed by atoms with Crippen molar-refractivity contribution in [2.45, 2.75) is 0 Å². The Balaban J connectivity index is 1.52. The van der Waals surface area contributed by atoms with E-state index in [4.69, 9.17) is 11.6 Å². The Hall–Kier alpha value is -3.37. The summed E-state index contributed by atoms with van der Waals surface area (Å²) >= 11 is 10.8. The third-order valence-electron chi connectivity index (χ3n) is 6.35. The minimum atomic E-state index is 0.753. The van der Waals surface area contributed by atoms with E-state index in [1.54, 1.807) is 11.3 Å². The first-order valence-electron chi connectivity index (χ1n) is 11.1. The lowest BCUT2D eigenvalue weighted by atomic mass is 10.0. The fourth-order valence-electron chi connectivity index (χ4n) is 4.76. The van der Waals surface area contributed by atoms with Crippen molar-refractivity contribution in [2.75, 3.05) is 5.32 Å². The molecule has 0 atom stereocenters. The SMILES string of the molecule is Clc1c(-c2ccccc2)cc2c(sc3ccccc32)c1Nc1cccc2c1sc1ccccc12. The molecular formula is C30H18ClNS2. The van der Waals surface area contributed by atoms with Gasteiger partial charge in [-0.25, -0.2) is 0 Å². The Kier molecular flexibility index (Phi) is 4.63. The highest BCUT2D eigenvalue weighted by atomic mass is 35.5. The number of rotatable bonds is 3. The van der Waals surface area contributed by atoms with Crippen LogP contribution in [0.25, 0.3) is 51.5 Å². The maximum atomic E-state index is 7.18. The highest BCUT2D eigenvalue weighted by Gasteiger charge is 2.19. The molecule has 162 valence electrons. The maximum absolute atomic E-state index is 7.18. The van der Waals surface area contributed by atoms with E-state index in [0.29, 0.717) is 0 Å². The molecule has 0 saturated carbocycles. The number of fused-ring (bicyclic) bond motifs is 6. The van der Waals surface area contributed by atoms with Crippen molar-refractivity contribution in [3.05, 3.63) is 108 Å². The predicted molar refractivity (Wildman–Crippen MR) is 152 cm³/mol. The number of nitrogens with one attached hydrogen (secondary N) is 1. The van der Waals surface area contributed by atoms with Crippen LogP contribution in [0.5, 0.6) is 0 Å². The minimum Gasteiger partial charge on any atom is -0.352 e. The largest absolute Gasteiger partial charge is 0.352 e. The normalized spacial score (nSPS) is 11.7. The molecule has 0 aliphatic carbocycles. The zero-order chi connectivity index (χ0) is 22.6. The van der Waals surface area contributed by atoms with Gasteiger partial charge in [0.25, 0.3) is 0 Å². The lowest BCUT2D eigenvalue weighted by Gasteiger charge is -2.15.